The fraction of sp³-hybridized carbons (Fsp3) is 0.750. The van der Waals surface area contributed by atoms with E-state index in [1.54, 1.807) is 20.8 Å². The van der Waals surface area contributed by atoms with Crippen LogP contribution in [0.4, 0.5) is 0 Å². The van der Waals surface area contributed by atoms with Crippen LogP contribution in [-0.4, -0.2) is 68.5 Å². The topological polar surface area (TPSA) is 145 Å². The molecule has 186 valence electrons. The predicted molar refractivity (Wildman–Crippen MR) is 122 cm³/mol. The minimum absolute atomic E-state index is 0.0145. The van der Waals surface area contributed by atoms with Gasteiger partial charge in [0.25, 0.3) is 0 Å². The third kappa shape index (κ3) is 14.3. The van der Waals surface area contributed by atoms with Crippen molar-refractivity contribution in [3.63, 3.8) is 0 Å². The van der Waals surface area contributed by atoms with Gasteiger partial charge in [0.1, 0.15) is 6.10 Å². The van der Waals surface area contributed by atoms with Crippen molar-refractivity contribution < 1.29 is 39.9 Å². The second kappa shape index (κ2) is 16.8. The summed E-state index contributed by atoms with van der Waals surface area (Å²) in [4.78, 5) is 22.3. The number of ether oxygens (including phenoxy) is 1. The number of carbonyl (C=O) groups is 2. The Balaban J connectivity index is 4.33. The maximum atomic E-state index is 11.9. The van der Waals surface area contributed by atoms with Gasteiger partial charge in [0.05, 0.1) is 24.9 Å². The first-order valence-electron chi connectivity index (χ1n) is 11.4. The third-order valence-corrected chi connectivity index (χ3v) is 5.46. The molecule has 8 heteroatoms. The van der Waals surface area contributed by atoms with Gasteiger partial charge in [-0.2, -0.15) is 0 Å². The van der Waals surface area contributed by atoms with E-state index in [0.717, 1.165) is 12.8 Å². The van der Waals surface area contributed by atoms with Crippen LogP contribution in [-0.2, 0) is 14.3 Å². The largest absolute Gasteiger partial charge is 0.481 e. The molecule has 0 aliphatic rings. The highest BCUT2D eigenvalue weighted by atomic mass is 16.5. The minimum Gasteiger partial charge on any atom is -0.481 e. The van der Waals surface area contributed by atoms with Gasteiger partial charge in [-0.25, -0.2) is 4.79 Å². The Hall–Kier alpha value is -1.74. The number of hydrogen-bond donors (Lipinski definition) is 5. The standard InChI is InChI=1S/C24H42O8/c1-16(15-22(29)32-13-8-6-5-7-12-21(27)28)14-20(26)24(31)23(30)18(3)11-9-10-17(2)19(4)25/h9-10,15,17-20,23-26,30-31H,5-8,11-14H2,1-4H3,(H,27,28)/b10-9+,16-15+/t17-,18-,19+,20+,23-,24+/m1/s1. The Kier molecular flexibility index (Phi) is 15.9. The predicted octanol–water partition coefficient (Wildman–Crippen LogP) is 2.58. The molecule has 0 radical (unpaired) electrons. The molecule has 0 aromatic heterocycles. The molecular weight excluding hydrogens is 416 g/mol. The number of carbonyl (C=O) groups excluding carboxylic acids is 1. The zero-order valence-electron chi connectivity index (χ0n) is 19.8. The van der Waals surface area contributed by atoms with Crippen molar-refractivity contribution in [3.05, 3.63) is 23.8 Å². The monoisotopic (exact) mass is 458 g/mol. The van der Waals surface area contributed by atoms with Crippen LogP contribution in [0.5, 0.6) is 0 Å². The molecule has 6 atom stereocenters. The summed E-state index contributed by atoms with van der Waals surface area (Å²) in [5.41, 5.74) is 0.522. The number of rotatable bonds is 17. The van der Waals surface area contributed by atoms with Crippen LogP contribution in [0.25, 0.3) is 0 Å². The van der Waals surface area contributed by atoms with Crippen LogP contribution >= 0.6 is 0 Å². The van der Waals surface area contributed by atoms with E-state index in [2.05, 4.69) is 0 Å². The number of carboxylic acid groups (broad SMARTS) is 1. The number of unbranched alkanes of at least 4 members (excludes halogenated alkanes) is 3. The zero-order chi connectivity index (χ0) is 24.7. The van der Waals surface area contributed by atoms with Crippen molar-refractivity contribution in [1.82, 2.24) is 0 Å². The molecule has 8 nitrogen and oxygen atoms in total. The first-order chi connectivity index (χ1) is 15.0. The van der Waals surface area contributed by atoms with Crippen LogP contribution in [0, 0.1) is 11.8 Å². The van der Waals surface area contributed by atoms with Crippen LogP contribution in [0.1, 0.15) is 72.6 Å². The lowest BCUT2D eigenvalue weighted by atomic mass is 9.91. The Morgan fingerprint density at radius 3 is 2.16 bits per heavy atom. The molecule has 5 N–H and O–H groups in total. The summed E-state index contributed by atoms with van der Waals surface area (Å²) in [5.74, 6) is -1.67. The number of carboxylic acids is 1. The van der Waals surface area contributed by atoms with Gasteiger partial charge < -0.3 is 30.3 Å². The molecule has 32 heavy (non-hydrogen) atoms. The molecule has 0 aromatic carbocycles. The first-order valence-corrected chi connectivity index (χ1v) is 11.4. The number of aliphatic carboxylic acids is 1. The van der Waals surface area contributed by atoms with E-state index in [4.69, 9.17) is 9.84 Å². The van der Waals surface area contributed by atoms with Crippen molar-refractivity contribution >= 4 is 11.9 Å². The molecule has 0 bridgehead atoms. The van der Waals surface area contributed by atoms with Gasteiger partial charge >= 0.3 is 11.9 Å². The van der Waals surface area contributed by atoms with Crippen molar-refractivity contribution in [3.8, 4) is 0 Å². The summed E-state index contributed by atoms with van der Waals surface area (Å²) in [6.45, 7) is 7.21. The molecule has 0 rings (SSSR count). The van der Waals surface area contributed by atoms with Crippen molar-refractivity contribution in [2.75, 3.05) is 6.61 Å². The molecule has 0 heterocycles. The first kappa shape index (κ1) is 30.3. The SMILES string of the molecule is C/C(=C\C(=O)OCCCCCCC(=O)O)C[C@H](O)[C@H](O)[C@H](O)[C@H](C)C/C=C/[C@@H](C)[C@H](C)O. The molecule has 0 fully saturated rings. The van der Waals surface area contributed by atoms with Crippen molar-refractivity contribution in [1.29, 1.82) is 0 Å². The summed E-state index contributed by atoms with van der Waals surface area (Å²) < 4.78 is 5.10. The van der Waals surface area contributed by atoms with Crippen LogP contribution in [0.15, 0.2) is 23.8 Å². The van der Waals surface area contributed by atoms with E-state index >= 15 is 0 Å². The minimum atomic E-state index is -1.36. The quantitative estimate of drug-likeness (QED) is 0.0968. The molecular formula is C24H42O8. The molecule has 0 spiro atoms. The van der Waals surface area contributed by atoms with Gasteiger partial charge in [-0.1, -0.05) is 44.4 Å². The second-order valence-electron chi connectivity index (χ2n) is 8.71. The van der Waals surface area contributed by atoms with Gasteiger partial charge in [-0.05, 0) is 51.4 Å². The average Bonchev–Trinajstić information content (AvgIpc) is 2.70. The maximum absolute atomic E-state index is 11.9. The molecule has 0 unspecified atom stereocenters. The number of aliphatic hydroxyl groups excluding tert-OH is 4. The molecule has 0 amide bonds. The van der Waals surface area contributed by atoms with Gasteiger partial charge in [0.15, 0.2) is 0 Å². The van der Waals surface area contributed by atoms with Crippen molar-refractivity contribution in [2.24, 2.45) is 11.8 Å². The zero-order valence-corrected chi connectivity index (χ0v) is 19.8. The summed E-state index contributed by atoms with van der Waals surface area (Å²) in [7, 11) is 0. The van der Waals surface area contributed by atoms with Crippen LogP contribution in [0.3, 0.4) is 0 Å². The summed E-state index contributed by atoms with van der Waals surface area (Å²) >= 11 is 0. The van der Waals surface area contributed by atoms with Crippen molar-refractivity contribution in [2.45, 2.75) is 97.1 Å². The Bertz CT molecular complexity index is 599. The normalized spacial score (nSPS) is 18.1. The Morgan fingerprint density at radius 2 is 1.56 bits per heavy atom. The lowest BCUT2D eigenvalue weighted by Crippen LogP contribution is -2.41. The number of allylic oxidation sites excluding steroid dienone is 1. The highest BCUT2D eigenvalue weighted by Gasteiger charge is 2.28. The smallest absolute Gasteiger partial charge is 0.330 e. The highest BCUT2D eigenvalue weighted by Crippen LogP contribution is 2.19. The summed E-state index contributed by atoms with van der Waals surface area (Å²) in [6, 6.07) is 0. The molecule has 0 aliphatic heterocycles. The van der Waals surface area contributed by atoms with Crippen LogP contribution in [0.2, 0.25) is 0 Å². The Morgan fingerprint density at radius 1 is 0.938 bits per heavy atom. The fourth-order valence-electron chi connectivity index (χ4n) is 3.03. The number of esters is 1. The van der Waals surface area contributed by atoms with E-state index < -0.39 is 36.4 Å². The maximum Gasteiger partial charge on any atom is 0.330 e. The van der Waals surface area contributed by atoms with E-state index in [9.17, 15) is 30.0 Å². The van der Waals surface area contributed by atoms with Gasteiger partial charge in [0, 0.05) is 12.5 Å². The molecule has 0 aliphatic carbocycles. The van der Waals surface area contributed by atoms with E-state index in [1.807, 2.05) is 19.1 Å². The highest BCUT2D eigenvalue weighted by molar-refractivity contribution is 5.82. The lowest BCUT2D eigenvalue weighted by molar-refractivity contribution is -0.138. The van der Waals surface area contributed by atoms with E-state index in [-0.39, 0.29) is 31.3 Å². The van der Waals surface area contributed by atoms with Gasteiger partial charge in [-0.15, -0.1) is 0 Å². The second-order valence-corrected chi connectivity index (χ2v) is 8.71. The molecule has 0 saturated heterocycles. The average molecular weight is 459 g/mol. The Labute approximate surface area is 191 Å². The van der Waals surface area contributed by atoms with Gasteiger partial charge in [0.2, 0.25) is 0 Å². The molecule has 0 aromatic rings. The van der Waals surface area contributed by atoms with E-state index in [1.165, 1.54) is 6.08 Å². The summed E-state index contributed by atoms with van der Waals surface area (Å²) in [5, 5.41) is 48.9. The number of aliphatic hydroxyl groups is 4. The third-order valence-electron chi connectivity index (χ3n) is 5.46. The summed E-state index contributed by atoms with van der Waals surface area (Å²) in [6.07, 6.45) is 4.19. The van der Waals surface area contributed by atoms with E-state index in [0.29, 0.717) is 24.8 Å². The number of hydrogen-bond acceptors (Lipinski definition) is 7. The fourth-order valence-corrected chi connectivity index (χ4v) is 3.03. The molecule has 0 saturated carbocycles. The van der Waals surface area contributed by atoms with Gasteiger partial charge in [-0.3, -0.25) is 4.79 Å². The van der Waals surface area contributed by atoms with Crippen LogP contribution < -0.4 is 0 Å². The lowest BCUT2D eigenvalue weighted by Gasteiger charge is -2.27.